The van der Waals surface area contributed by atoms with E-state index in [-0.39, 0.29) is 5.91 Å². The Kier molecular flexibility index (Phi) is 8.21. The smallest absolute Gasteiger partial charge is 0.263 e. The normalized spacial score (nSPS) is 18.1. The fraction of sp³-hybridized carbons (Fsp3) is 0.556. The first-order chi connectivity index (χ1) is 16.9. The molecule has 2 aromatic heterocycles. The van der Waals surface area contributed by atoms with Gasteiger partial charge in [0.2, 0.25) is 5.91 Å². The van der Waals surface area contributed by atoms with Gasteiger partial charge in [-0.2, -0.15) is 4.98 Å². The summed E-state index contributed by atoms with van der Waals surface area (Å²) < 4.78 is 11.2. The molecule has 35 heavy (non-hydrogen) atoms. The highest BCUT2D eigenvalue weighted by atomic mass is 16.5. The van der Waals surface area contributed by atoms with E-state index in [4.69, 9.17) is 14.2 Å². The van der Waals surface area contributed by atoms with Gasteiger partial charge in [-0.1, -0.05) is 44.5 Å². The first-order valence-electron chi connectivity index (χ1n) is 12.8. The van der Waals surface area contributed by atoms with Crippen LogP contribution in [0.4, 0.5) is 5.82 Å². The Hall–Kier alpha value is -3.16. The molecule has 1 fully saturated rings. The van der Waals surface area contributed by atoms with Gasteiger partial charge in [-0.15, -0.1) is 0 Å². The van der Waals surface area contributed by atoms with Gasteiger partial charge in [0, 0.05) is 32.5 Å². The van der Waals surface area contributed by atoms with Crippen LogP contribution in [0.5, 0.6) is 5.75 Å². The highest BCUT2D eigenvalue weighted by molar-refractivity contribution is 5.88. The minimum Gasteiger partial charge on any atom is -0.494 e. The number of nitrogens with one attached hydrogen (secondary N) is 1. The Morgan fingerprint density at radius 1 is 1.17 bits per heavy atom. The van der Waals surface area contributed by atoms with Crippen LogP contribution in [0.15, 0.2) is 28.8 Å². The first-order valence-corrected chi connectivity index (χ1v) is 12.8. The molecule has 0 aliphatic carbocycles. The summed E-state index contributed by atoms with van der Waals surface area (Å²) in [6.07, 6.45) is 4.12. The van der Waals surface area contributed by atoms with Crippen molar-refractivity contribution in [1.29, 1.82) is 0 Å². The van der Waals surface area contributed by atoms with E-state index in [1.165, 1.54) is 6.42 Å². The van der Waals surface area contributed by atoms with Gasteiger partial charge in [0.25, 0.3) is 5.71 Å². The molecule has 8 heteroatoms. The van der Waals surface area contributed by atoms with E-state index in [1.807, 2.05) is 31.2 Å². The molecule has 188 valence electrons. The Morgan fingerprint density at radius 2 is 1.91 bits per heavy atom. The zero-order valence-electron chi connectivity index (χ0n) is 21.3. The van der Waals surface area contributed by atoms with Gasteiger partial charge in [0.15, 0.2) is 0 Å². The van der Waals surface area contributed by atoms with Crippen molar-refractivity contribution in [2.24, 2.45) is 11.8 Å². The quantitative estimate of drug-likeness (QED) is 0.416. The second kappa shape index (κ2) is 11.5. The van der Waals surface area contributed by atoms with Gasteiger partial charge in [-0.3, -0.25) is 4.79 Å². The molecule has 1 N–H and O–H groups in total. The Labute approximate surface area is 207 Å². The van der Waals surface area contributed by atoms with Crippen LogP contribution in [-0.4, -0.2) is 40.7 Å². The van der Waals surface area contributed by atoms with Gasteiger partial charge in [-0.05, 0) is 49.3 Å². The van der Waals surface area contributed by atoms with Crippen LogP contribution in [0.25, 0.3) is 11.1 Å². The van der Waals surface area contributed by atoms with Gasteiger partial charge >= 0.3 is 0 Å². The average molecular weight is 480 g/mol. The molecule has 0 bridgehead atoms. The maximum atomic E-state index is 12.5. The summed E-state index contributed by atoms with van der Waals surface area (Å²) >= 11 is 0. The van der Waals surface area contributed by atoms with Crippen molar-refractivity contribution in [1.82, 2.24) is 20.4 Å². The van der Waals surface area contributed by atoms with Crippen molar-refractivity contribution < 1.29 is 14.1 Å². The molecule has 0 spiro atoms. The highest BCUT2D eigenvalue weighted by Gasteiger charge is 2.27. The Bertz CT molecular complexity index is 1120. The number of hydrogen-bond donors (Lipinski definition) is 1. The number of carbonyl (C=O) groups is 1. The van der Waals surface area contributed by atoms with E-state index >= 15 is 0 Å². The largest absolute Gasteiger partial charge is 0.494 e. The van der Waals surface area contributed by atoms with Crippen molar-refractivity contribution >= 4 is 22.8 Å². The molecule has 1 saturated heterocycles. The third-order valence-corrected chi connectivity index (χ3v) is 6.46. The summed E-state index contributed by atoms with van der Waals surface area (Å²) in [5.74, 6) is 3.50. The summed E-state index contributed by atoms with van der Waals surface area (Å²) in [4.78, 5) is 24.3. The summed E-state index contributed by atoms with van der Waals surface area (Å²) in [5, 5.41) is 7.99. The number of aryl methyl sites for hydroxylation is 2. The number of rotatable bonds is 10. The number of amides is 1. The predicted octanol–water partition coefficient (Wildman–Crippen LogP) is 4.84. The van der Waals surface area contributed by atoms with E-state index < -0.39 is 0 Å². The lowest BCUT2D eigenvalue weighted by atomic mass is 9.92. The summed E-state index contributed by atoms with van der Waals surface area (Å²) in [5.41, 5.74) is 2.33. The SMILES string of the molecule is CCCCOc1ccc(CNC(=O)CCc2nc(N3C[C@H](C)C[C@@H](C)C3)c3c(C)noc3n2)cc1. The molecule has 1 aromatic carbocycles. The van der Waals surface area contributed by atoms with Crippen LogP contribution in [0.3, 0.4) is 0 Å². The van der Waals surface area contributed by atoms with E-state index in [2.05, 4.69) is 41.1 Å². The van der Waals surface area contributed by atoms with Crippen molar-refractivity contribution in [2.75, 3.05) is 24.6 Å². The fourth-order valence-electron chi connectivity index (χ4n) is 4.74. The van der Waals surface area contributed by atoms with Gasteiger partial charge in [0.1, 0.15) is 22.8 Å². The lowest BCUT2D eigenvalue weighted by Crippen LogP contribution is -2.39. The molecule has 8 nitrogen and oxygen atoms in total. The lowest BCUT2D eigenvalue weighted by molar-refractivity contribution is -0.121. The fourth-order valence-corrected chi connectivity index (χ4v) is 4.74. The summed E-state index contributed by atoms with van der Waals surface area (Å²) in [6, 6.07) is 7.86. The van der Waals surface area contributed by atoms with Gasteiger partial charge < -0.3 is 19.5 Å². The number of aromatic nitrogens is 3. The molecule has 4 rings (SSSR count). The molecule has 0 radical (unpaired) electrons. The molecule has 2 atom stereocenters. The monoisotopic (exact) mass is 479 g/mol. The maximum absolute atomic E-state index is 12.5. The second-order valence-electron chi connectivity index (χ2n) is 9.89. The second-order valence-corrected chi connectivity index (χ2v) is 9.89. The number of carbonyl (C=O) groups excluding carboxylic acids is 1. The van der Waals surface area contributed by atoms with E-state index in [1.54, 1.807) is 0 Å². The minimum absolute atomic E-state index is 0.0347. The van der Waals surface area contributed by atoms with Crippen molar-refractivity contribution in [3.05, 3.63) is 41.3 Å². The molecule has 3 aromatic rings. The van der Waals surface area contributed by atoms with Crippen LogP contribution in [0.2, 0.25) is 0 Å². The molecular formula is C27H37N5O3. The van der Waals surface area contributed by atoms with E-state index in [0.29, 0.717) is 42.8 Å². The standard InChI is InChI=1S/C27H37N5O3/c1-5-6-13-34-22-9-7-21(8-10-22)15-28-24(33)12-11-23-29-26(25-20(4)31-35-27(25)30-23)32-16-18(2)14-19(3)17-32/h7-10,18-19H,5-6,11-17H2,1-4H3,(H,28,33)/t18-,19-/m1/s1. The number of piperidine rings is 1. The summed E-state index contributed by atoms with van der Waals surface area (Å²) in [6.45, 7) is 11.7. The van der Waals surface area contributed by atoms with Crippen LogP contribution in [0, 0.1) is 18.8 Å². The predicted molar refractivity (Wildman–Crippen MR) is 137 cm³/mol. The minimum atomic E-state index is -0.0347. The molecule has 1 aliphatic heterocycles. The van der Waals surface area contributed by atoms with Crippen LogP contribution >= 0.6 is 0 Å². The van der Waals surface area contributed by atoms with Crippen molar-refractivity contribution in [2.45, 2.75) is 66.3 Å². The molecular weight excluding hydrogens is 442 g/mol. The number of benzene rings is 1. The number of anilines is 1. The molecule has 0 saturated carbocycles. The lowest BCUT2D eigenvalue weighted by Gasteiger charge is -2.36. The van der Waals surface area contributed by atoms with Crippen LogP contribution < -0.4 is 15.0 Å². The Balaban J connectivity index is 1.36. The zero-order chi connectivity index (χ0) is 24.8. The highest BCUT2D eigenvalue weighted by Crippen LogP contribution is 2.32. The van der Waals surface area contributed by atoms with Crippen LogP contribution in [-0.2, 0) is 17.8 Å². The Morgan fingerprint density at radius 3 is 2.63 bits per heavy atom. The average Bonchev–Trinajstić information content (AvgIpc) is 3.22. The number of fused-ring (bicyclic) bond motifs is 1. The summed E-state index contributed by atoms with van der Waals surface area (Å²) in [7, 11) is 0. The number of nitrogens with zero attached hydrogens (tertiary/aromatic N) is 4. The van der Waals surface area contributed by atoms with Gasteiger partial charge in [0.05, 0.1) is 12.3 Å². The molecule has 0 unspecified atom stereocenters. The van der Waals surface area contributed by atoms with Gasteiger partial charge in [-0.25, -0.2) is 4.98 Å². The zero-order valence-corrected chi connectivity index (χ0v) is 21.3. The van der Waals surface area contributed by atoms with Crippen molar-refractivity contribution in [3.63, 3.8) is 0 Å². The topological polar surface area (TPSA) is 93.4 Å². The third-order valence-electron chi connectivity index (χ3n) is 6.46. The van der Waals surface area contributed by atoms with E-state index in [9.17, 15) is 4.79 Å². The van der Waals surface area contributed by atoms with Crippen molar-refractivity contribution in [3.8, 4) is 5.75 Å². The third kappa shape index (κ3) is 6.50. The van der Waals surface area contributed by atoms with Crippen LogP contribution in [0.1, 0.15) is 63.5 Å². The molecule has 3 heterocycles. The number of hydrogen-bond acceptors (Lipinski definition) is 7. The molecule has 1 amide bonds. The molecule has 1 aliphatic rings. The number of unbranched alkanes of at least 4 members (excludes halogenated alkanes) is 1. The number of ether oxygens (including phenoxy) is 1. The van der Waals surface area contributed by atoms with E-state index in [0.717, 1.165) is 60.7 Å². The first kappa shape index (κ1) is 24.9. The maximum Gasteiger partial charge on any atom is 0.263 e.